The Hall–Kier alpha value is -3.32. The number of benzene rings is 3. The van der Waals surface area contributed by atoms with Crippen molar-refractivity contribution in [3.8, 4) is 22.5 Å². The minimum Gasteiger partial charge on any atom is -0.323 e. The SMILES string of the molecule is O=C(CSc1nnc2c(n1)-c1cccc3cccc-2c13)Nc1ccccc1F. The highest BCUT2D eigenvalue weighted by atomic mass is 32.2. The van der Waals surface area contributed by atoms with Gasteiger partial charge in [0, 0.05) is 16.5 Å². The number of nitrogens with one attached hydrogen (secondary N) is 1. The fourth-order valence-electron chi connectivity index (χ4n) is 3.36. The third-order valence-electron chi connectivity index (χ3n) is 4.56. The highest BCUT2D eigenvalue weighted by molar-refractivity contribution is 7.99. The molecule has 0 atom stereocenters. The van der Waals surface area contributed by atoms with Crippen molar-refractivity contribution in [1.29, 1.82) is 0 Å². The number of amides is 1. The molecule has 0 saturated carbocycles. The van der Waals surface area contributed by atoms with Crippen LogP contribution in [0.15, 0.2) is 65.8 Å². The van der Waals surface area contributed by atoms with Gasteiger partial charge in [0.05, 0.1) is 11.4 Å². The predicted molar refractivity (Wildman–Crippen MR) is 108 cm³/mol. The molecule has 1 aromatic heterocycles. The first-order chi connectivity index (χ1) is 13.7. The first-order valence-corrected chi connectivity index (χ1v) is 9.63. The summed E-state index contributed by atoms with van der Waals surface area (Å²) in [6.45, 7) is 0. The van der Waals surface area contributed by atoms with E-state index in [-0.39, 0.29) is 17.3 Å². The van der Waals surface area contributed by atoms with Crippen LogP contribution in [0.1, 0.15) is 0 Å². The molecule has 5 rings (SSSR count). The van der Waals surface area contributed by atoms with E-state index in [2.05, 4.69) is 32.6 Å². The first-order valence-electron chi connectivity index (χ1n) is 8.65. The monoisotopic (exact) mass is 388 g/mol. The fourth-order valence-corrected chi connectivity index (χ4v) is 3.94. The Labute approximate surface area is 164 Å². The number of fused-ring (bicyclic) bond motifs is 3. The van der Waals surface area contributed by atoms with Crippen LogP contribution in [-0.4, -0.2) is 26.8 Å². The molecule has 0 saturated heterocycles. The van der Waals surface area contributed by atoms with Crippen molar-refractivity contribution in [3.63, 3.8) is 0 Å². The third-order valence-corrected chi connectivity index (χ3v) is 5.40. The molecule has 4 aromatic rings. The van der Waals surface area contributed by atoms with Gasteiger partial charge in [0.2, 0.25) is 11.1 Å². The largest absolute Gasteiger partial charge is 0.323 e. The number of carbonyl (C=O) groups is 1. The molecule has 1 amide bonds. The molecule has 0 bridgehead atoms. The Morgan fingerprint density at radius 1 is 0.929 bits per heavy atom. The highest BCUT2D eigenvalue weighted by Gasteiger charge is 2.25. The summed E-state index contributed by atoms with van der Waals surface area (Å²) in [6.07, 6.45) is 0. The lowest BCUT2D eigenvalue weighted by molar-refractivity contribution is -0.113. The number of hydrogen-bond donors (Lipinski definition) is 1. The van der Waals surface area contributed by atoms with Crippen molar-refractivity contribution >= 4 is 34.1 Å². The van der Waals surface area contributed by atoms with Gasteiger partial charge in [-0.05, 0) is 17.5 Å². The lowest BCUT2D eigenvalue weighted by Crippen LogP contribution is -2.15. The smallest absolute Gasteiger partial charge is 0.234 e. The van der Waals surface area contributed by atoms with Crippen LogP contribution in [0.5, 0.6) is 0 Å². The number of nitrogens with zero attached hydrogens (tertiary/aromatic N) is 3. The molecule has 1 N–H and O–H groups in total. The number of carbonyl (C=O) groups excluding carboxylic acids is 1. The summed E-state index contributed by atoms with van der Waals surface area (Å²) in [5.74, 6) is -0.738. The zero-order valence-electron chi connectivity index (χ0n) is 14.5. The number of anilines is 1. The minimum atomic E-state index is -0.470. The van der Waals surface area contributed by atoms with E-state index < -0.39 is 5.82 Å². The average Bonchev–Trinajstić information content (AvgIpc) is 3.04. The van der Waals surface area contributed by atoms with Crippen LogP contribution in [0.4, 0.5) is 10.1 Å². The summed E-state index contributed by atoms with van der Waals surface area (Å²) in [5.41, 5.74) is 3.74. The second kappa shape index (κ2) is 6.69. The Balaban J connectivity index is 1.37. The maximum atomic E-state index is 13.6. The van der Waals surface area contributed by atoms with Crippen LogP contribution < -0.4 is 5.32 Å². The number of halogens is 1. The third kappa shape index (κ3) is 2.80. The Morgan fingerprint density at radius 2 is 1.68 bits per heavy atom. The molecule has 3 aromatic carbocycles. The molecule has 28 heavy (non-hydrogen) atoms. The van der Waals surface area contributed by atoms with Crippen molar-refractivity contribution in [1.82, 2.24) is 15.2 Å². The summed E-state index contributed by atoms with van der Waals surface area (Å²) in [4.78, 5) is 16.8. The maximum absolute atomic E-state index is 13.6. The molecule has 0 unspecified atom stereocenters. The van der Waals surface area contributed by atoms with E-state index in [1.54, 1.807) is 12.1 Å². The van der Waals surface area contributed by atoms with Gasteiger partial charge in [-0.1, -0.05) is 60.3 Å². The zero-order valence-corrected chi connectivity index (χ0v) is 15.3. The number of thioether (sulfide) groups is 1. The van der Waals surface area contributed by atoms with Crippen molar-refractivity contribution in [2.75, 3.05) is 11.1 Å². The molecule has 1 aliphatic carbocycles. The van der Waals surface area contributed by atoms with Gasteiger partial charge in [0.25, 0.3) is 0 Å². The number of rotatable bonds is 4. The molecule has 7 heteroatoms. The van der Waals surface area contributed by atoms with E-state index in [9.17, 15) is 9.18 Å². The van der Waals surface area contributed by atoms with Crippen LogP contribution in [-0.2, 0) is 4.79 Å². The molecular weight excluding hydrogens is 375 g/mol. The summed E-state index contributed by atoms with van der Waals surface area (Å²) in [6, 6.07) is 18.2. The average molecular weight is 388 g/mol. The Bertz CT molecular complexity index is 1240. The van der Waals surface area contributed by atoms with E-state index in [4.69, 9.17) is 0 Å². The van der Waals surface area contributed by atoms with Crippen LogP contribution >= 0.6 is 11.8 Å². The Morgan fingerprint density at radius 3 is 2.46 bits per heavy atom. The quantitative estimate of drug-likeness (QED) is 0.458. The van der Waals surface area contributed by atoms with Gasteiger partial charge in [-0.25, -0.2) is 9.37 Å². The number of para-hydroxylation sites is 1. The van der Waals surface area contributed by atoms with Crippen LogP contribution in [0.25, 0.3) is 33.3 Å². The van der Waals surface area contributed by atoms with Crippen LogP contribution in [0.3, 0.4) is 0 Å². The molecule has 1 aliphatic rings. The van der Waals surface area contributed by atoms with E-state index >= 15 is 0 Å². The van der Waals surface area contributed by atoms with Crippen molar-refractivity contribution < 1.29 is 9.18 Å². The van der Waals surface area contributed by atoms with Crippen LogP contribution in [0, 0.1) is 5.82 Å². The van der Waals surface area contributed by atoms with E-state index in [1.165, 1.54) is 23.9 Å². The normalized spacial score (nSPS) is 11.5. The van der Waals surface area contributed by atoms with E-state index in [0.717, 1.165) is 33.3 Å². The van der Waals surface area contributed by atoms with Gasteiger partial charge in [0.1, 0.15) is 17.2 Å². The lowest BCUT2D eigenvalue weighted by Gasteiger charge is -2.06. The van der Waals surface area contributed by atoms with Gasteiger partial charge in [-0.3, -0.25) is 4.79 Å². The second-order valence-corrected chi connectivity index (χ2v) is 7.26. The number of aromatic nitrogens is 3. The molecule has 1 heterocycles. The molecular formula is C21H13FN4OS. The van der Waals surface area contributed by atoms with Crippen LogP contribution in [0.2, 0.25) is 0 Å². The summed E-state index contributed by atoms with van der Waals surface area (Å²) in [7, 11) is 0. The van der Waals surface area contributed by atoms with Crippen molar-refractivity contribution in [2.24, 2.45) is 0 Å². The molecule has 0 radical (unpaired) electrons. The fraction of sp³-hybridized carbons (Fsp3) is 0.0476. The second-order valence-electron chi connectivity index (χ2n) is 6.32. The zero-order chi connectivity index (χ0) is 19.1. The summed E-state index contributed by atoms with van der Waals surface area (Å²) >= 11 is 1.17. The first kappa shape index (κ1) is 16.8. The van der Waals surface area contributed by atoms with Gasteiger partial charge in [-0.15, -0.1) is 10.2 Å². The molecule has 136 valence electrons. The Kier molecular flexibility index (Phi) is 4.02. The minimum absolute atomic E-state index is 0.0615. The molecule has 0 spiro atoms. The van der Waals surface area contributed by atoms with Gasteiger partial charge in [0.15, 0.2) is 0 Å². The van der Waals surface area contributed by atoms with Gasteiger partial charge >= 0.3 is 0 Å². The molecule has 0 aliphatic heterocycles. The number of hydrogen-bond acceptors (Lipinski definition) is 5. The van der Waals surface area contributed by atoms with Crippen molar-refractivity contribution in [3.05, 3.63) is 66.5 Å². The van der Waals surface area contributed by atoms with E-state index in [0.29, 0.717) is 5.16 Å². The summed E-state index contributed by atoms with van der Waals surface area (Å²) in [5, 5.41) is 13.7. The standard InChI is InChI=1S/C21H13FN4OS/c22-15-9-1-2-10-16(15)23-17(27)11-28-21-24-19-13-7-3-5-12-6-4-8-14(18(12)13)20(19)25-26-21/h1-10H,11H2,(H,23,27). The molecule has 0 fully saturated rings. The maximum Gasteiger partial charge on any atom is 0.234 e. The topological polar surface area (TPSA) is 67.8 Å². The van der Waals surface area contributed by atoms with Crippen molar-refractivity contribution in [2.45, 2.75) is 5.16 Å². The van der Waals surface area contributed by atoms with Gasteiger partial charge < -0.3 is 5.32 Å². The predicted octanol–water partition coefficient (Wildman–Crippen LogP) is 4.54. The lowest BCUT2D eigenvalue weighted by atomic mass is 10.0. The van der Waals surface area contributed by atoms with E-state index in [1.807, 2.05) is 24.3 Å². The molecule has 5 nitrogen and oxygen atoms in total. The summed E-state index contributed by atoms with van der Waals surface area (Å²) < 4.78 is 13.6. The van der Waals surface area contributed by atoms with Gasteiger partial charge in [-0.2, -0.15) is 0 Å². The highest BCUT2D eigenvalue weighted by Crippen LogP contribution is 2.44.